The summed E-state index contributed by atoms with van der Waals surface area (Å²) in [5.74, 6) is 0.836. The van der Waals surface area contributed by atoms with E-state index in [1.54, 1.807) is 24.3 Å². The molecule has 0 radical (unpaired) electrons. The summed E-state index contributed by atoms with van der Waals surface area (Å²) in [5.41, 5.74) is 0.450. The average Bonchev–Trinajstić information content (AvgIpc) is 2.38. The van der Waals surface area contributed by atoms with Crippen LogP contribution in [-0.2, 0) is 4.74 Å². The maximum Gasteiger partial charge on any atom is 0.162 e. The van der Waals surface area contributed by atoms with Crippen LogP contribution in [0.1, 0.15) is 23.7 Å². The van der Waals surface area contributed by atoms with Crippen molar-refractivity contribution in [2.45, 2.75) is 13.3 Å². The molecule has 1 aromatic rings. The molecule has 0 unspecified atom stereocenters. The molecule has 1 saturated heterocycles. The van der Waals surface area contributed by atoms with Crippen LogP contribution in [0, 0.1) is 5.41 Å². The summed E-state index contributed by atoms with van der Waals surface area (Å²) in [7, 11) is 0. The predicted octanol–water partition coefficient (Wildman–Crippen LogP) is 1.67. The Morgan fingerprint density at radius 2 is 2.06 bits per heavy atom. The van der Waals surface area contributed by atoms with Gasteiger partial charge in [0.15, 0.2) is 5.78 Å². The van der Waals surface area contributed by atoms with E-state index < -0.39 is 0 Å². The summed E-state index contributed by atoms with van der Waals surface area (Å²) in [5, 5.41) is 9.26. The zero-order valence-corrected chi connectivity index (χ0v) is 10.5. The molecule has 0 aliphatic carbocycles. The standard InChI is InChI=1S/C14H18O4/c1-2-13(16)11-3-5-12(6-4-11)18-10-14(7-15)8-17-9-14/h3-6,15H,2,7-10H2,1H3. The molecule has 98 valence electrons. The molecule has 0 saturated carbocycles. The zero-order valence-electron chi connectivity index (χ0n) is 10.5. The molecule has 0 aromatic heterocycles. The molecule has 1 N–H and O–H groups in total. The van der Waals surface area contributed by atoms with Crippen LogP contribution in [0.4, 0.5) is 0 Å². The van der Waals surface area contributed by atoms with Gasteiger partial charge in [-0.25, -0.2) is 0 Å². The summed E-state index contributed by atoms with van der Waals surface area (Å²) < 4.78 is 10.7. The Hall–Kier alpha value is -1.39. The van der Waals surface area contributed by atoms with Crippen molar-refractivity contribution in [3.63, 3.8) is 0 Å². The molecular formula is C14H18O4. The van der Waals surface area contributed by atoms with Crippen LogP contribution >= 0.6 is 0 Å². The summed E-state index contributed by atoms with van der Waals surface area (Å²) in [6, 6.07) is 7.11. The maximum atomic E-state index is 11.5. The predicted molar refractivity (Wildman–Crippen MR) is 66.9 cm³/mol. The van der Waals surface area contributed by atoms with Crippen LogP contribution in [0.5, 0.6) is 5.75 Å². The minimum atomic E-state index is -0.252. The minimum Gasteiger partial charge on any atom is -0.493 e. The van der Waals surface area contributed by atoms with Crippen LogP contribution in [-0.4, -0.2) is 37.3 Å². The number of hydrogen-bond donors (Lipinski definition) is 1. The molecule has 18 heavy (non-hydrogen) atoms. The summed E-state index contributed by atoms with van der Waals surface area (Å²) in [6.07, 6.45) is 0.505. The van der Waals surface area contributed by atoms with Crippen molar-refractivity contribution in [1.82, 2.24) is 0 Å². The van der Waals surface area contributed by atoms with E-state index in [1.165, 1.54) is 0 Å². The number of rotatable bonds is 6. The fraction of sp³-hybridized carbons (Fsp3) is 0.500. The van der Waals surface area contributed by atoms with E-state index in [2.05, 4.69) is 0 Å². The van der Waals surface area contributed by atoms with Crippen LogP contribution in [0.3, 0.4) is 0 Å². The number of carbonyl (C=O) groups excluding carboxylic acids is 1. The number of ketones is 1. The van der Waals surface area contributed by atoms with Crippen molar-refractivity contribution >= 4 is 5.78 Å². The fourth-order valence-corrected chi connectivity index (χ4v) is 1.79. The van der Waals surface area contributed by atoms with Gasteiger partial charge in [-0.15, -0.1) is 0 Å². The van der Waals surface area contributed by atoms with Crippen molar-refractivity contribution in [3.05, 3.63) is 29.8 Å². The number of aliphatic hydroxyl groups is 1. The molecule has 4 nitrogen and oxygen atoms in total. The maximum absolute atomic E-state index is 11.5. The molecule has 1 fully saturated rings. The fourth-order valence-electron chi connectivity index (χ4n) is 1.79. The molecule has 4 heteroatoms. The highest BCUT2D eigenvalue weighted by molar-refractivity contribution is 5.95. The first-order valence-corrected chi connectivity index (χ1v) is 6.14. The van der Waals surface area contributed by atoms with Gasteiger partial charge in [-0.1, -0.05) is 6.92 Å². The lowest BCUT2D eigenvalue weighted by molar-refractivity contribution is -0.153. The first-order chi connectivity index (χ1) is 8.69. The highest BCUT2D eigenvalue weighted by Gasteiger charge is 2.39. The third kappa shape index (κ3) is 2.71. The zero-order chi connectivity index (χ0) is 13.0. The van der Waals surface area contributed by atoms with Crippen molar-refractivity contribution in [2.24, 2.45) is 5.41 Å². The van der Waals surface area contributed by atoms with Gasteiger partial charge in [0.25, 0.3) is 0 Å². The Morgan fingerprint density at radius 3 is 2.50 bits per heavy atom. The lowest BCUT2D eigenvalue weighted by Gasteiger charge is -2.39. The molecule has 1 heterocycles. The number of aliphatic hydroxyl groups excluding tert-OH is 1. The average molecular weight is 250 g/mol. The Kier molecular flexibility index (Phi) is 3.99. The van der Waals surface area contributed by atoms with Crippen molar-refractivity contribution in [1.29, 1.82) is 0 Å². The number of ether oxygens (including phenoxy) is 2. The Morgan fingerprint density at radius 1 is 1.39 bits per heavy atom. The van der Waals surface area contributed by atoms with Gasteiger partial charge in [0.05, 0.1) is 25.2 Å². The second-order valence-electron chi connectivity index (χ2n) is 4.74. The van der Waals surface area contributed by atoms with Crippen LogP contribution in [0.15, 0.2) is 24.3 Å². The Bertz CT molecular complexity index is 401. The first kappa shape index (κ1) is 13.1. The number of carbonyl (C=O) groups is 1. The number of Topliss-reactive ketones (excluding diaryl/α,β-unsaturated/α-hetero) is 1. The molecule has 0 amide bonds. The second kappa shape index (κ2) is 5.50. The number of benzene rings is 1. The lowest BCUT2D eigenvalue weighted by atomic mass is 9.88. The molecule has 2 rings (SSSR count). The van der Waals surface area contributed by atoms with Crippen LogP contribution < -0.4 is 4.74 Å². The van der Waals surface area contributed by atoms with Gasteiger partial charge in [-0.2, -0.15) is 0 Å². The second-order valence-corrected chi connectivity index (χ2v) is 4.74. The molecule has 1 aromatic carbocycles. The normalized spacial score (nSPS) is 17.0. The van der Waals surface area contributed by atoms with E-state index in [-0.39, 0.29) is 17.8 Å². The highest BCUT2D eigenvalue weighted by atomic mass is 16.5. The van der Waals surface area contributed by atoms with E-state index in [9.17, 15) is 9.90 Å². The van der Waals surface area contributed by atoms with Gasteiger partial charge in [0.2, 0.25) is 0 Å². The Balaban J connectivity index is 1.92. The molecule has 0 spiro atoms. The van der Waals surface area contributed by atoms with E-state index in [0.717, 1.165) is 0 Å². The molecule has 0 atom stereocenters. The van der Waals surface area contributed by atoms with E-state index in [1.807, 2.05) is 6.92 Å². The van der Waals surface area contributed by atoms with Crippen molar-refractivity contribution in [3.8, 4) is 5.75 Å². The highest BCUT2D eigenvalue weighted by Crippen LogP contribution is 2.28. The van der Waals surface area contributed by atoms with Gasteiger partial charge < -0.3 is 14.6 Å². The van der Waals surface area contributed by atoms with Gasteiger partial charge in [-0.05, 0) is 24.3 Å². The Labute approximate surface area is 107 Å². The van der Waals surface area contributed by atoms with Crippen molar-refractivity contribution < 1.29 is 19.4 Å². The van der Waals surface area contributed by atoms with E-state index in [4.69, 9.17) is 9.47 Å². The quantitative estimate of drug-likeness (QED) is 0.780. The third-order valence-electron chi connectivity index (χ3n) is 3.19. The van der Waals surface area contributed by atoms with Crippen LogP contribution in [0.2, 0.25) is 0 Å². The van der Waals surface area contributed by atoms with E-state index >= 15 is 0 Å². The SMILES string of the molecule is CCC(=O)c1ccc(OCC2(CO)COC2)cc1. The van der Waals surface area contributed by atoms with Gasteiger partial charge in [0, 0.05) is 12.0 Å². The largest absolute Gasteiger partial charge is 0.493 e. The molecule has 1 aliphatic rings. The van der Waals surface area contributed by atoms with Gasteiger partial charge in [-0.3, -0.25) is 4.79 Å². The summed E-state index contributed by atoms with van der Waals surface area (Å²) in [4.78, 5) is 11.5. The van der Waals surface area contributed by atoms with Gasteiger partial charge >= 0.3 is 0 Å². The monoisotopic (exact) mass is 250 g/mol. The number of hydrogen-bond acceptors (Lipinski definition) is 4. The van der Waals surface area contributed by atoms with E-state index in [0.29, 0.717) is 37.6 Å². The summed E-state index contributed by atoms with van der Waals surface area (Å²) in [6.45, 7) is 3.42. The first-order valence-electron chi connectivity index (χ1n) is 6.14. The third-order valence-corrected chi connectivity index (χ3v) is 3.19. The molecule has 0 bridgehead atoms. The smallest absolute Gasteiger partial charge is 0.162 e. The molecular weight excluding hydrogens is 232 g/mol. The molecule has 1 aliphatic heterocycles. The summed E-state index contributed by atoms with van der Waals surface area (Å²) >= 11 is 0. The topological polar surface area (TPSA) is 55.8 Å². The van der Waals surface area contributed by atoms with Crippen LogP contribution in [0.25, 0.3) is 0 Å². The lowest BCUT2D eigenvalue weighted by Crippen LogP contribution is -2.49. The van der Waals surface area contributed by atoms with Crippen molar-refractivity contribution in [2.75, 3.05) is 26.4 Å². The van der Waals surface area contributed by atoms with Gasteiger partial charge in [0.1, 0.15) is 12.4 Å². The minimum absolute atomic E-state index is 0.0689.